The van der Waals surface area contributed by atoms with Gasteiger partial charge in [0.2, 0.25) is 0 Å². The monoisotopic (exact) mass is 389 g/mol. The van der Waals surface area contributed by atoms with Crippen LogP contribution < -0.4 is 4.74 Å². The molecule has 0 aliphatic rings. The number of ether oxygens (including phenoxy) is 2. The van der Waals surface area contributed by atoms with Gasteiger partial charge in [0.25, 0.3) is 0 Å². The van der Waals surface area contributed by atoms with Crippen LogP contribution in [0.4, 0.5) is 4.39 Å². The standard InChI is InChI=1S/C18H13BrFNO3/c1-23-18(22)16-17(24-10-11-5-3-2-4-6-11)12-7-8-14(20)15(19)13(12)9-21-16/h2-9H,10H2,1H3. The molecule has 0 fully saturated rings. The number of nitrogens with zero attached hydrogens (tertiary/aromatic N) is 1. The summed E-state index contributed by atoms with van der Waals surface area (Å²) in [6.45, 7) is 0.251. The second-order valence-electron chi connectivity index (χ2n) is 5.02. The highest BCUT2D eigenvalue weighted by molar-refractivity contribution is 9.10. The van der Waals surface area contributed by atoms with Crippen molar-refractivity contribution < 1.29 is 18.7 Å². The lowest BCUT2D eigenvalue weighted by molar-refractivity contribution is 0.0589. The number of halogens is 2. The van der Waals surface area contributed by atoms with Crippen molar-refractivity contribution in [3.63, 3.8) is 0 Å². The molecular weight excluding hydrogens is 377 g/mol. The molecule has 0 aliphatic carbocycles. The fourth-order valence-corrected chi connectivity index (χ4v) is 2.77. The second-order valence-corrected chi connectivity index (χ2v) is 5.82. The van der Waals surface area contributed by atoms with Crippen molar-refractivity contribution in [2.24, 2.45) is 0 Å². The highest BCUT2D eigenvalue weighted by atomic mass is 79.9. The number of methoxy groups -OCH3 is 1. The van der Waals surface area contributed by atoms with E-state index >= 15 is 0 Å². The van der Waals surface area contributed by atoms with Gasteiger partial charge >= 0.3 is 5.97 Å². The van der Waals surface area contributed by atoms with E-state index in [1.165, 1.54) is 19.4 Å². The Morgan fingerprint density at radius 2 is 1.92 bits per heavy atom. The highest BCUT2D eigenvalue weighted by Crippen LogP contribution is 2.34. The maximum absolute atomic E-state index is 13.7. The predicted molar refractivity (Wildman–Crippen MR) is 91.5 cm³/mol. The molecule has 4 nitrogen and oxygen atoms in total. The number of esters is 1. The van der Waals surface area contributed by atoms with Crippen LogP contribution in [0.2, 0.25) is 0 Å². The zero-order valence-corrected chi connectivity index (χ0v) is 14.3. The van der Waals surface area contributed by atoms with Gasteiger partial charge in [-0.1, -0.05) is 30.3 Å². The molecule has 2 aromatic carbocycles. The third-order valence-corrected chi connectivity index (χ3v) is 4.33. The fraction of sp³-hybridized carbons (Fsp3) is 0.111. The van der Waals surface area contributed by atoms with Crippen LogP contribution in [0.5, 0.6) is 5.75 Å². The Balaban J connectivity index is 2.10. The minimum absolute atomic E-state index is 0.0550. The molecule has 0 unspecified atom stereocenters. The molecule has 0 spiro atoms. The molecule has 1 heterocycles. The fourth-order valence-electron chi connectivity index (χ4n) is 2.32. The first-order valence-corrected chi connectivity index (χ1v) is 7.93. The van der Waals surface area contributed by atoms with E-state index in [1.54, 1.807) is 6.07 Å². The molecule has 3 aromatic rings. The highest BCUT2D eigenvalue weighted by Gasteiger charge is 2.20. The van der Waals surface area contributed by atoms with Crippen molar-refractivity contribution in [2.45, 2.75) is 6.61 Å². The van der Waals surface area contributed by atoms with Crippen LogP contribution in [0.1, 0.15) is 16.1 Å². The minimum Gasteiger partial charge on any atom is -0.486 e. The van der Waals surface area contributed by atoms with Crippen LogP contribution in [0.15, 0.2) is 53.1 Å². The van der Waals surface area contributed by atoms with Crippen molar-refractivity contribution in [1.29, 1.82) is 0 Å². The summed E-state index contributed by atoms with van der Waals surface area (Å²) >= 11 is 3.20. The molecule has 0 saturated heterocycles. The quantitative estimate of drug-likeness (QED) is 0.616. The van der Waals surface area contributed by atoms with Crippen molar-refractivity contribution in [1.82, 2.24) is 4.98 Å². The Kier molecular flexibility index (Phi) is 4.76. The maximum atomic E-state index is 13.7. The average molecular weight is 390 g/mol. The van der Waals surface area contributed by atoms with E-state index in [2.05, 4.69) is 20.9 Å². The maximum Gasteiger partial charge on any atom is 0.360 e. The SMILES string of the molecule is COC(=O)c1ncc2c(Br)c(F)ccc2c1OCc1ccccc1. The summed E-state index contributed by atoms with van der Waals surface area (Å²) in [7, 11) is 1.27. The Labute approximate surface area is 146 Å². The zero-order chi connectivity index (χ0) is 17.1. The van der Waals surface area contributed by atoms with Gasteiger partial charge in [-0.05, 0) is 33.6 Å². The molecule has 6 heteroatoms. The largest absolute Gasteiger partial charge is 0.486 e. The molecule has 0 amide bonds. The molecule has 0 saturated carbocycles. The van der Waals surface area contributed by atoms with Crippen molar-refractivity contribution in [3.05, 3.63) is 70.2 Å². The summed E-state index contributed by atoms with van der Waals surface area (Å²) in [6.07, 6.45) is 1.42. The second kappa shape index (κ2) is 6.97. The number of carbonyl (C=O) groups excluding carboxylic acids is 1. The Morgan fingerprint density at radius 3 is 2.62 bits per heavy atom. The minimum atomic E-state index is -0.611. The number of benzene rings is 2. The van der Waals surface area contributed by atoms with Gasteiger partial charge in [0.1, 0.15) is 12.4 Å². The number of pyridine rings is 1. The van der Waals surface area contributed by atoms with Crippen LogP contribution >= 0.6 is 15.9 Å². The lowest BCUT2D eigenvalue weighted by atomic mass is 10.1. The molecule has 3 rings (SSSR count). The first kappa shape index (κ1) is 16.4. The predicted octanol–water partition coefficient (Wildman–Crippen LogP) is 4.50. The Bertz CT molecular complexity index is 900. The van der Waals surface area contributed by atoms with Gasteiger partial charge in [0.05, 0.1) is 11.6 Å². The van der Waals surface area contributed by atoms with E-state index in [0.717, 1.165) is 5.56 Å². The average Bonchev–Trinajstić information content (AvgIpc) is 2.62. The lowest BCUT2D eigenvalue weighted by Gasteiger charge is -2.13. The first-order valence-electron chi connectivity index (χ1n) is 7.13. The third kappa shape index (κ3) is 3.10. The van der Waals surface area contributed by atoms with Crippen molar-refractivity contribution in [3.8, 4) is 5.75 Å². The summed E-state index contributed by atoms with van der Waals surface area (Å²) in [5.41, 5.74) is 0.992. The van der Waals surface area contributed by atoms with Crippen LogP contribution in [-0.4, -0.2) is 18.1 Å². The van der Waals surface area contributed by atoms with E-state index in [-0.39, 0.29) is 22.5 Å². The number of aromatic nitrogens is 1. The van der Waals surface area contributed by atoms with Crippen LogP contribution in [0.25, 0.3) is 10.8 Å². The molecule has 0 atom stereocenters. The summed E-state index contributed by atoms with van der Waals surface area (Å²) in [4.78, 5) is 16.1. The van der Waals surface area contributed by atoms with Crippen LogP contribution in [0.3, 0.4) is 0 Å². The van der Waals surface area contributed by atoms with Crippen molar-refractivity contribution in [2.75, 3.05) is 7.11 Å². The number of carbonyl (C=O) groups is 1. The van der Waals surface area contributed by atoms with Gasteiger partial charge in [0.15, 0.2) is 11.4 Å². The van der Waals surface area contributed by atoms with E-state index in [0.29, 0.717) is 10.8 Å². The number of hydrogen-bond donors (Lipinski definition) is 0. The van der Waals surface area contributed by atoms with Gasteiger partial charge in [-0.2, -0.15) is 0 Å². The van der Waals surface area contributed by atoms with E-state index in [4.69, 9.17) is 9.47 Å². The normalized spacial score (nSPS) is 10.6. The lowest BCUT2D eigenvalue weighted by Crippen LogP contribution is -2.09. The summed E-state index contributed by atoms with van der Waals surface area (Å²) in [5.74, 6) is -0.756. The van der Waals surface area contributed by atoms with Gasteiger partial charge in [0, 0.05) is 17.0 Å². The number of fused-ring (bicyclic) bond motifs is 1. The van der Waals surface area contributed by atoms with E-state index in [9.17, 15) is 9.18 Å². The van der Waals surface area contributed by atoms with Crippen LogP contribution in [-0.2, 0) is 11.3 Å². The van der Waals surface area contributed by atoms with Gasteiger partial charge in [-0.3, -0.25) is 0 Å². The number of hydrogen-bond acceptors (Lipinski definition) is 4. The van der Waals surface area contributed by atoms with E-state index in [1.807, 2.05) is 30.3 Å². The summed E-state index contributed by atoms with van der Waals surface area (Å²) in [6, 6.07) is 12.4. The molecular formula is C18H13BrFNO3. The van der Waals surface area contributed by atoms with Gasteiger partial charge < -0.3 is 9.47 Å². The molecule has 0 radical (unpaired) electrons. The third-order valence-electron chi connectivity index (χ3n) is 3.52. The first-order chi connectivity index (χ1) is 11.6. The van der Waals surface area contributed by atoms with Crippen molar-refractivity contribution >= 4 is 32.7 Å². The molecule has 24 heavy (non-hydrogen) atoms. The van der Waals surface area contributed by atoms with E-state index < -0.39 is 11.8 Å². The molecule has 122 valence electrons. The van der Waals surface area contributed by atoms with Crippen LogP contribution in [0, 0.1) is 5.82 Å². The Hall–Kier alpha value is -2.47. The topological polar surface area (TPSA) is 48.4 Å². The summed E-state index contributed by atoms with van der Waals surface area (Å²) in [5, 5.41) is 1.10. The molecule has 0 bridgehead atoms. The zero-order valence-electron chi connectivity index (χ0n) is 12.8. The molecule has 0 N–H and O–H groups in total. The molecule has 0 aliphatic heterocycles. The Morgan fingerprint density at radius 1 is 1.17 bits per heavy atom. The smallest absolute Gasteiger partial charge is 0.360 e. The van der Waals surface area contributed by atoms with Gasteiger partial charge in [-0.25, -0.2) is 14.2 Å². The summed E-state index contributed by atoms with van der Waals surface area (Å²) < 4.78 is 24.6. The number of rotatable bonds is 4. The molecule has 1 aromatic heterocycles. The van der Waals surface area contributed by atoms with Gasteiger partial charge in [-0.15, -0.1) is 0 Å².